The molecule has 4 heteroatoms. The van der Waals surface area contributed by atoms with Gasteiger partial charge in [0, 0.05) is 0 Å². The molecule has 1 rings (SSSR count). The number of likely N-dealkylation sites (tertiary alicyclic amines) is 1. The second-order valence-corrected chi connectivity index (χ2v) is 4.50. The van der Waals surface area contributed by atoms with Gasteiger partial charge in [0.15, 0.2) is 0 Å². The smallest absolute Gasteiger partial charge is 0.254 e. The van der Waals surface area contributed by atoms with Crippen LogP contribution in [0.15, 0.2) is 0 Å². The van der Waals surface area contributed by atoms with E-state index in [9.17, 15) is 4.79 Å². The van der Waals surface area contributed by atoms with Crippen molar-refractivity contribution in [1.82, 2.24) is 10.3 Å². The molecule has 1 fully saturated rings. The molecule has 0 aromatic heterocycles. The molecule has 1 aliphatic rings. The summed E-state index contributed by atoms with van der Waals surface area (Å²) in [5.41, 5.74) is 1.86. The van der Waals surface area contributed by atoms with Crippen molar-refractivity contribution in [3.8, 4) is 0 Å². The predicted molar refractivity (Wildman–Crippen MR) is 61.1 cm³/mol. The van der Waals surface area contributed by atoms with Crippen LogP contribution in [0.25, 0.3) is 0 Å². The zero-order valence-corrected chi connectivity index (χ0v) is 9.88. The van der Waals surface area contributed by atoms with Gasteiger partial charge in [-0.05, 0) is 39.3 Å². The quantitative estimate of drug-likeness (QED) is 0.418. The van der Waals surface area contributed by atoms with Crippen LogP contribution in [0, 0.1) is 0 Å². The molecule has 0 aliphatic carbocycles. The van der Waals surface area contributed by atoms with Gasteiger partial charge in [0.25, 0.3) is 5.91 Å². The van der Waals surface area contributed by atoms with E-state index in [2.05, 4.69) is 10.3 Å². The first kappa shape index (κ1) is 12.5. The van der Waals surface area contributed by atoms with Crippen molar-refractivity contribution in [3.63, 3.8) is 0 Å². The lowest BCUT2D eigenvalue weighted by atomic mass is 9.95. The Labute approximate surface area is 92.2 Å². The van der Waals surface area contributed by atoms with E-state index < -0.39 is 5.54 Å². The summed E-state index contributed by atoms with van der Waals surface area (Å²) in [5.74, 6) is 5.19. The van der Waals surface area contributed by atoms with E-state index >= 15 is 0 Å². The van der Waals surface area contributed by atoms with Crippen LogP contribution < -0.4 is 11.3 Å². The van der Waals surface area contributed by atoms with Gasteiger partial charge in [-0.2, -0.15) is 0 Å². The minimum Gasteiger partial charge on any atom is -0.293 e. The molecule has 0 bridgehead atoms. The van der Waals surface area contributed by atoms with Crippen molar-refractivity contribution in [2.45, 2.75) is 51.5 Å². The molecule has 1 heterocycles. The summed E-state index contributed by atoms with van der Waals surface area (Å²) in [4.78, 5) is 14.1. The molecule has 1 aliphatic heterocycles. The molecule has 88 valence electrons. The molecule has 0 radical (unpaired) electrons. The van der Waals surface area contributed by atoms with Gasteiger partial charge in [-0.3, -0.25) is 15.1 Å². The first-order valence-corrected chi connectivity index (χ1v) is 5.91. The lowest BCUT2D eigenvalue weighted by Crippen LogP contribution is -2.58. The highest BCUT2D eigenvalue weighted by Gasteiger charge is 2.37. The molecule has 0 spiro atoms. The third-order valence-electron chi connectivity index (χ3n) is 3.61. The van der Waals surface area contributed by atoms with E-state index in [4.69, 9.17) is 5.84 Å². The average molecular weight is 213 g/mol. The number of rotatable bonds is 3. The van der Waals surface area contributed by atoms with E-state index in [1.54, 1.807) is 0 Å². The molecule has 15 heavy (non-hydrogen) atoms. The largest absolute Gasteiger partial charge is 0.293 e. The zero-order chi connectivity index (χ0) is 11.3. The number of hydrogen-bond donors (Lipinski definition) is 2. The topological polar surface area (TPSA) is 58.4 Å². The molecule has 0 unspecified atom stereocenters. The number of hydrazine groups is 1. The number of carbonyl (C=O) groups is 1. The Balaban J connectivity index is 2.73. The molecule has 1 amide bonds. The highest BCUT2D eigenvalue weighted by Crippen LogP contribution is 2.23. The van der Waals surface area contributed by atoms with Crippen LogP contribution >= 0.6 is 0 Å². The molecule has 0 aromatic carbocycles. The Morgan fingerprint density at radius 1 is 1.33 bits per heavy atom. The summed E-state index contributed by atoms with van der Waals surface area (Å²) in [6, 6.07) is 0. The Hall–Kier alpha value is -0.610. The fourth-order valence-corrected chi connectivity index (χ4v) is 2.25. The van der Waals surface area contributed by atoms with Crippen molar-refractivity contribution in [3.05, 3.63) is 0 Å². The normalized spacial score (nSPS) is 22.9. The summed E-state index contributed by atoms with van der Waals surface area (Å²) < 4.78 is 0. The lowest BCUT2D eigenvalue weighted by molar-refractivity contribution is -0.133. The van der Waals surface area contributed by atoms with E-state index in [-0.39, 0.29) is 5.91 Å². The van der Waals surface area contributed by atoms with Crippen molar-refractivity contribution in [1.29, 1.82) is 0 Å². The van der Waals surface area contributed by atoms with Crippen molar-refractivity contribution in [2.75, 3.05) is 13.1 Å². The molecule has 0 saturated carbocycles. The molecule has 1 saturated heterocycles. The SMILES string of the molecule is CC[C@@](C)(C(=O)NN)N1CCCCCC1. The van der Waals surface area contributed by atoms with Crippen molar-refractivity contribution >= 4 is 5.91 Å². The van der Waals surface area contributed by atoms with Gasteiger partial charge in [-0.1, -0.05) is 19.8 Å². The van der Waals surface area contributed by atoms with Gasteiger partial charge in [-0.25, -0.2) is 5.84 Å². The zero-order valence-electron chi connectivity index (χ0n) is 9.88. The molecule has 1 atom stereocenters. The number of nitrogens with one attached hydrogen (secondary N) is 1. The molecular weight excluding hydrogens is 190 g/mol. The van der Waals surface area contributed by atoms with Crippen LogP contribution in [0.1, 0.15) is 46.0 Å². The van der Waals surface area contributed by atoms with Gasteiger partial charge in [0.05, 0.1) is 5.54 Å². The van der Waals surface area contributed by atoms with E-state index in [0.29, 0.717) is 0 Å². The van der Waals surface area contributed by atoms with Gasteiger partial charge >= 0.3 is 0 Å². The van der Waals surface area contributed by atoms with Gasteiger partial charge < -0.3 is 0 Å². The maximum atomic E-state index is 11.8. The maximum absolute atomic E-state index is 11.8. The van der Waals surface area contributed by atoms with E-state index in [1.807, 2.05) is 13.8 Å². The van der Waals surface area contributed by atoms with Crippen LogP contribution in [0.4, 0.5) is 0 Å². The standard InChI is InChI=1S/C11H23N3O/c1-3-11(2,10(15)13-12)14-8-6-4-5-7-9-14/h3-9,12H2,1-2H3,(H,13,15)/t11-/m0/s1. The third-order valence-corrected chi connectivity index (χ3v) is 3.61. The van der Waals surface area contributed by atoms with Crippen LogP contribution in [-0.2, 0) is 4.79 Å². The Bertz CT molecular complexity index is 212. The lowest BCUT2D eigenvalue weighted by Gasteiger charge is -2.38. The number of amides is 1. The summed E-state index contributed by atoms with van der Waals surface area (Å²) >= 11 is 0. The summed E-state index contributed by atoms with van der Waals surface area (Å²) in [6.45, 7) is 6.05. The number of nitrogens with zero attached hydrogens (tertiary/aromatic N) is 1. The average Bonchev–Trinajstić information content (AvgIpc) is 2.55. The Morgan fingerprint density at radius 2 is 1.87 bits per heavy atom. The summed E-state index contributed by atoms with van der Waals surface area (Å²) in [5, 5.41) is 0. The predicted octanol–water partition coefficient (Wildman–Crippen LogP) is 1.02. The molecule has 3 N–H and O–H groups in total. The highest BCUT2D eigenvalue weighted by molar-refractivity contribution is 5.85. The highest BCUT2D eigenvalue weighted by atomic mass is 16.2. The van der Waals surface area contributed by atoms with Crippen molar-refractivity contribution in [2.24, 2.45) is 5.84 Å². The van der Waals surface area contributed by atoms with Crippen LogP contribution in [-0.4, -0.2) is 29.4 Å². The maximum Gasteiger partial charge on any atom is 0.254 e. The third kappa shape index (κ3) is 2.69. The van der Waals surface area contributed by atoms with Crippen LogP contribution in [0.3, 0.4) is 0 Å². The minimum absolute atomic E-state index is 0.0631. The number of carbonyl (C=O) groups excluding carboxylic acids is 1. The molecule has 0 aromatic rings. The first-order chi connectivity index (χ1) is 7.15. The number of hydrogen-bond acceptors (Lipinski definition) is 3. The molecule has 4 nitrogen and oxygen atoms in total. The summed E-state index contributed by atoms with van der Waals surface area (Å²) in [7, 11) is 0. The van der Waals surface area contributed by atoms with Crippen molar-refractivity contribution < 1.29 is 4.79 Å². The second kappa shape index (κ2) is 5.47. The van der Waals surface area contributed by atoms with E-state index in [0.717, 1.165) is 19.5 Å². The number of nitrogens with two attached hydrogens (primary N) is 1. The second-order valence-electron chi connectivity index (χ2n) is 4.50. The minimum atomic E-state index is -0.431. The first-order valence-electron chi connectivity index (χ1n) is 5.91. The van der Waals surface area contributed by atoms with Crippen LogP contribution in [0.2, 0.25) is 0 Å². The van der Waals surface area contributed by atoms with Gasteiger partial charge in [0.1, 0.15) is 0 Å². The van der Waals surface area contributed by atoms with Gasteiger partial charge in [-0.15, -0.1) is 0 Å². The van der Waals surface area contributed by atoms with Crippen LogP contribution in [0.5, 0.6) is 0 Å². The fraction of sp³-hybridized carbons (Fsp3) is 0.909. The Morgan fingerprint density at radius 3 is 2.27 bits per heavy atom. The summed E-state index contributed by atoms with van der Waals surface area (Å²) in [6.07, 6.45) is 5.73. The monoisotopic (exact) mass is 213 g/mol. The fourth-order valence-electron chi connectivity index (χ4n) is 2.25. The van der Waals surface area contributed by atoms with Gasteiger partial charge in [0.2, 0.25) is 0 Å². The Kier molecular flexibility index (Phi) is 4.54. The molecular formula is C11H23N3O. The van der Waals surface area contributed by atoms with E-state index in [1.165, 1.54) is 25.7 Å².